The molecule has 6 nitrogen and oxygen atoms in total. The molecule has 1 amide bonds. The van der Waals surface area contributed by atoms with E-state index >= 15 is 4.39 Å². The monoisotopic (exact) mass is 518 g/mol. The van der Waals surface area contributed by atoms with Crippen LogP contribution in [0.5, 0.6) is 0 Å². The van der Waals surface area contributed by atoms with Crippen molar-refractivity contribution in [2.24, 2.45) is 5.92 Å². The molecule has 4 rings (SSSR count). The van der Waals surface area contributed by atoms with Gasteiger partial charge in [0.2, 0.25) is 0 Å². The lowest BCUT2D eigenvalue weighted by Gasteiger charge is -2.35. The van der Waals surface area contributed by atoms with E-state index in [2.05, 4.69) is 0 Å². The number of fused-ring (bicyclic) bond motifs is 1. The highest BCUT2D eigenvalue weighted by Crippen LogP contribution is 2.50. The highest BCUT2D eigenvalue weighted by atomic mass is 32.2. The Morgan fingerprint density at radius 2 is 1.80 bits per heavy atom. The number of nitrogens with zero attached hydrogens (tertiary/aromatic N) is 1. The summed E-state index contributed by atoms with van der Waals surface area (Å²) in [6.45, 7) is 2.47. The molecule has 2 N–H and O–H groups in total. The second kappa shape index (κ2) is 8.82. The molecule has 1 saturated heterocycles. The minimum atomic E-state index is -5.03. The average molecular weight is 519 g/mol. The van der Waals surface area contributed by atoms with Gasteiger partial charge in [-0.15, -0.1) is 0 Å². The van der Waals surface area contributed by atoms with Crippen molar-refractivity contribution in [2.75, 3.05) is 0 Å². The molecule has 2 aliphatic rings. The van der Waals surface area contributed by atoms with Crippen molar-refractivity contribution in [1.82, 2.24) is 9.62 Å². The van der Waals surface area contributed by atoms with Gasteiger partial charge in [-0.2, -0.15) is 8.78 Å². The van der Waals surface area contributed by atoms with E-state index in [1.807, 2.05) is 4.72 Å². The van der Waals surface area contributed by atoms with Gasteiger partial charge < -0.3 is 10.0 Å². The Morgan fingerprint density at radius 3 is 2.37 bits per heavy atom. The van der Waals surface area contributed by atoms with E-state index in [9.17, 15) is 35.9 Å². The molecule has 1 aliphatic carbocycles. The molecule has 0 unspecified atom stereocenters. The summed E-state index contributed by atoms with van der Waals surface area (Å²) in [4.78, 5) is 14.2. The molecule has 190 valence electrons. The van der Waals surface area contributed by atoms with E-state index in [0.717, 1.165) is 12.1 Å². The molecule has 0 aromatic heterocycles. The lowest BCUT2D eigenvalue weighted by molar-refractivity contribution is -0.150. The first-order valence-corrected chi connectivity index (χ1v) is 12.3. The number of amides is 1. The van der Waals surface area contributed by atoms with Crippen molar-refractivity contribution < 1.29 is 40.3 Å². The summed E-state index contributed by atoms with van der Waals surface area (Å²) in [6.07, 6.45) is 0.0442. The van der Waals surface area contributed by atoms with Gasteiger partial charge in [-0.3, -0.25) is 4.79 Å². The van der Waals surface area contributed by atoms with Crippen LogP contribution in [0.1, 0.15) is 25.8 Å². The fourth-order valence-corrected chi connectivity index (χ4v) is 5.57. The lowest BCUT2D eigenvalue weighted by atomic mass is 9.94. The topological polar surface area (TPSA) is 86.7 Å². The van der Waals surface area contributed by atoms with Gasteiger partial charge in [0.15, 0.2) is 0 Å². The summed E-state index contributed by atoms with van der Waals surface area (Å²) in [5.41, 5.74) is -2.07. The maximum atomic E-state index is 15.5. The summed E-state index contributed by atoms with van der Waals surface area (Å²) in [5, 5.41) is 10.3. The standard InChI is InChI=1S/C23H23F5N2O4S/c1-23(2,32)21(31)30-17-10-16(17)20(29-35(33,34)22(27)28)18(30)8-11-4-3-5-15(19(11)26)12-6-13(24)9-14(25)7-12/h3-7,9,16-18,20,22,29,32H,8,10H2,1-2H3/t16-,17+,18+,20+/m0/s1. The van der Waals surface area contributed by atoms with Crippen molar-refractivity contribution in [2.45, 2.75) is 56.2 Å². The number of halogens is 5. The van der Waals surface area contributed by atoms with Crippen LogP contribution in [-0.4, -0.2) is 53.8 Å². The number of likely N-dealkylation sites (tertiary alicyclic amines) is 1. The van der Waals surface area contributed by atoms with Gasteiger partial charge in [-0.05, 0) is 55.9 Å². The predicted octanol–water partition coefficient (Wildman–Crippen LogP) is 3.19. The van der Waals surface area contributed by atoms with Gasteiger partial charge in [0, 0.05) is 23.7 Å². The molecule has 1 aliphatic heterocycles. The third-order valence-electron chi connectivity index (χ3n) is 6.37. The molecular weight excluding hydrogens is 495 g/mol. The normalized spacial score (nSPS) is 24.1. The number of nitrogens with one attached hydrogen (secondary N) is 1. The van der Waals surface area contributed by atoms with Crippen molar-refractivity contribution in [3.8, 4) is 11.1 Å². The number of carbonyl (C=O) groups excluding carboxylic acids is 1. The fourth-order valence-electron chi connectivity index (χ4n) is 4.75. The molecule has 2 fully saturated rings. The number of sulfonamides is 1. The van der Waals surface area contributed by atoms with Crippen LogP contribution < -0.4 is 4.72 Å². The van der Waals surface area contributed by atoms with E-state index in [0.29, 0.717) is 12.5 Å². The highest BCUT2D eigenvalue weighted by Gasteiger charge is 2.62. The van der Waals surface area contributed by atoms with Gasteiger partial charge in [-0.25, -0.2) is 26.3 Å². The molecule has 0 radical (unpaired) electrons. The van der Waals surface area contributed by atoms with E-state index in [4.69, 9.17) is 0 Å². The summed E-state index contributed by atoms with van der Waals surface area (Å²) < 4.78 is 94.9. The minimum Gasteiger partial charge on any atom is -0.381 e. The third kappa shape index (κ3) is 4.91. The van der Waals surface area contributed by atoms with Crippen LogP contribution in [0.25, 0.3) is 11.1 Å². The molecule has 1 heterocycles. The van der Waals surface area contributed by atoms with Gasteiger partial charge in [-0.1, -0.05) is 18.2 Å². The lowest BCUT2D eigenvalue weighted by Crippen LogP contribution is -2.55. The first-order valence-electron chi connectivity index (χ1n) is 10.8. The quantitative estimate of drug-likeness (QED) is 0.552. The number of hydrogen-bond acceptors (Lipinski definition) is 4. The molecule has 2 aromatic rings. The van der Waals surface area contributed by atoms with Crippen LogP contribution in [0, 0.1) is 23.4 Å². The van der Waals surface area contributed by atoms with Crippen LogP contribution in [-0.2, 0) is 21.2 Å². The number of hydrogen-bond donors (Lipinski definition) is 2. The van der Waals surface area contributed by atoms with Crippen LogP contribution in [0.3, 0.4) is 0 Å². The number of alkyl halides is 2. The zero-order valence-corrected chi connectivity index (χ0v) is 19.5. The Morgan fingerprint density at radius 1 is 1.17 bits per heavy atom. The number of aliphatic hydroxyl groups is 1. The van der Waals surface area contributed by atoms with Gasteiger partial charge in [0.25, 0.3) is 15.9 Å². The highest BCUT2D eigenvalue weighted by molar-refractivity contribution is 7.89. The predicted molar refractivity (Wildman–Crippen MR) is 116 cm³/mol. The third-order valence-corrected chi connectivity index (χ3v) is 7.44. The second-order valence-electron chi connectivity index (χ2n) is 9.40. The van der Waals surface area contributed by atoms with E-state index in [-0.39, 0.29) is 23.1 Å². The van der Waals surface area contributed by atoms with E-state index in [1.54, 1.807) is 0 Å². The smallest absolute Gasteiger partial charge is 0.350 e. The van der Waals surface area contributed by atoms with E-state index < -0.39 is 68.8 Å². The SMILES string of the molecule is CC(C)(O)C(=O)N1[C@@H]2C[C@@H]2[C@@H](NS(=O)(=O)C(F)F)[C@H]1Cc1cccc(-c2cc(F)cc(F)c2)c1F. The van der Waals surface area contributed by atoms with Crippen molar-refractivity contribution in [3.05, 3.63) is 59.4 Å². The molecule has 35 heavy (non-hydrogen) atoms. The minimum absolute atomic E-state index is 0.0201. The first kappa shape index (κ1) is 25.5. The molecular formula is C23H23F5N2O4S. The summed E-state index contributed by atoms with van der Waals surface area (Å²) >= 11 is 0. The molecule has 4 atom stereocenters. The molecule has 2 aromatic carbocycles. The van der Waals surface area contributed by atoms with Gasteiger partial charge in [0.1, 0.15) is 23.1 Å². The maximum absolute atomic E-state index is 15.5. The molecule has 0 spiro atoms. The zero-order chi connectivity index (χ0) is 25.9. The number of rotatable bonds is 7. The Bertz CT molecular complexity index is 1240. The van der Waals surface area contributed by atoms with Crippen LogP contribution in [0.4, 0.5) is 22.0 Å². The zero-order valence-electron chi connectivity index (χ0n) is 18.7. The maximum Gasteiger partial charge on any atom is 0.350 e. The summed E-state index contributed by atoms with van der Waals surface area (Å²) in [6, 6.07) is 3.87. The largest absolute Gasteiger partial charge is 0.381 e. The van der Waals surface area contributed by atoms with Gasteiger partial charge in [0.05, 0.1) is 6.04 Å². The van der Waals surface area contributed by atoms with Crippen LogP contribution in [0.2, 0.25) is 0 Å². The van der Waals surface area contributed by atoms with Crippen LogP contribution in [0.15, 0.2) is 36.4 Å². The van der Waals surface area contributed by atoms with Crippen LogP contribution >= 0.6 is 0 Å². The Labute approximate surface area is 198 Å². The Balaban J connectivity index is 1.73. The first-order chi connectivity index (χ1) is 16.2. The number of piperidine rings is 1. The number of benzene rings is 2. The average Bonchev–Trinajstić information content (AvgIpc) is 3.46. The van der Waals surface area contributed by atoms with Gasteiger partial charge >= 0.3 is 5.76 Å². The second-order valence-corrected chi connectivity index (χ2v) is 11.1. The Kier molecular flexibility index (Phi) is 6.43. The summed E-state index contributed by atoms with van der Waals surface area (Å²) in [5.74, 6) is -7.62. The summed E-state index contributed by atoms with van der Waals surface area (Å²) in [7, 11) is -5.03. The van der Waals surface area contributed by atoms with Crippen molar-refractivity contribution in [1.29, 1.82) is 0 Å². The fraction of sp³-hybridized carbons (Fsp3) is 0.435. The van der Waals surface area contributed by atoms with Crippen molar-refractivity contribution >= 4 is 15.9 Å². The molecule has 12 heteroatoms. The molecule has 0 bridgehead atoms. The number of carbonyl (C=O) groups is 1. The Hall–Kier alpha value is -2.57. The van der Waals surface area contributed by atoms with E-state index in [1.165, 1.54) is 36.9 Å². The van der Waals surface area contributed by atoms with Crippen molar-refractivity contribution in [3.63, 3.8) is 0 Å². The molecule has 1 saturated carbocycles.